The molecular weight excluding hydrogens is 300 g/mol. The van der Waals surface area contributed by atoms with Crippen LogP contribution in [0.25, 0.3) is 0 Å². The minimum atomic E-state index is -0.597. The van der Waals surface area contributed by atoms with Gasteiger partial charge in [-0.3, -0.25) is 14.9 Å². The zero-order valence-corrected chi connectivity index (χ0v) is 13.5. The zero-order valence-electron chi connectivity index (χ0n) is 13.5. The molecule has 1 rings (SSSR count). The minimum absolute atomic E-state index is 0.246. The lowest BCUT2D eigenvalue weighted by molar-refractivity contribution is -0.122. The van der Waals surface area contributed by atoms with Crippen molar-refractivity contribution < 1.29 is 23.9 Å². The van der Waals surface area contributed by atoms with Crippen LogP contribution in [0.4, 0.5) is 4.79 Å². The fourth-order valence-corrected chi connectivity index (χ4v) is 1.70. The van der Waals surface area contributed by atoms with Crippen LogP contribution in [0.1, 0.15) is 30.6 Å². The van der Waals surface area contributed by atoms with E-state index in [1.165, 1.54) is 19.2 Å². The highest BCUT2D eigenvalue weighted by Crippen LogP contribution is 2.22. The number of hydrogen-bond acceptors (Lipinski definition) is 5. The minimum Gasteiger partial charge on any atom is -0.497 e. The maximum absolute atomic E-state index is 11.6. The Hall–Kier alpha value is -2.57. The van der Waals surface area contributed by atoms with Crippen LogP contribution in [0.3, 0.4) is 0 Å². The fraction of sp³-hybridized carbons (Fsp3) is 0.438. The Morgan fingerprint density at radius 2 is 2.04 bits per heavy atom. The van der Waals surface area contributed by atoms with Gasteiger partial charge in [-0.15, -0.1) is 0 Å². The molecule has 126 valence electrons. The lowest BCUT2D eigenvalue weighted by Gasteiger charge is -2.10. The number of amides is 3. The van der Waals surface area contributed by atoms with E-state index in [0.717, 1.165) is 6.42 Å². The third kappa shape index (κ3) is 6.82. The first-order valence-electron chi connectivity index (χ1n) is 7.30. The van der Waals surface area contributed by atoms with Gasteiger partial charge in [0, 0.05) is 6.54 Å². The van der Waals surface area contributed by atoms with Gasteiger partial charge in [-0.2, -0.15) is 0 Å². The maximum Gasteiger partial charge on any atom is 0.321 e. The summed E-state index contributed by atoms with van der Waals surface area (Å²) in [4.78, 5) is 34.1. The quantitative estimate of drug-likeness (QED) is 0.711. The number of aldehydes is 1. The van der Waals surface area contributed by atoms with Crippen molar-refractivity contribution in [2.24, 2.45) is 5.92 Å². The molecule has 0 saturated carbocycles. The Balaban J connectivity index is 2.44. The predicted molar refractivity (Wildman–Crippen MR) is 84.9 cm³/mol. The fourth-order valence-electron chi connectivity index (χ4n) is 1.70. The topological polar surface area (TPSA) is 93.7 Å². The molecule has 0 saturated heterocycles. The van der Waals surface area contributed by atoms with Gasteiger partial charge in [-0.1, -0.05) is 13.8 Å². The lowest BCUT2D eigenvalue weighted by Crippen LogP contribution is -2.42. The summed E-state index contributed by atoms with van der Waals surface area (Å²) in [6.45, 7) is 4.20. The summed E-state index contributed by atoms with van der Waals surface area (Å²) < 4.78 is 10.3. The number of rotatable bonds is 8. The Morgan fingerprint density at radius 1 is 1.30 bits per heavy atom. The van der Waals surface area contributed by atoms with E-state index >= 15 is 0 Å². The first-order valence-corrected chi connectivity index (χ1v) is 7.30. The smallest absolute Gasteiger partial charge is 0.321 e. The van der Waals surface area contributed by atoms with Crippen LogP contribution in [0.15, 0.2) is 18.2 Å². The van der Waals surface area contributed by atoms with Crippen LogP contribution < -0.4 is 20.1 Å². The van der Waals surface area contributed by atoms with Crippen molar-refractivity contribution in [2.75, 3.05) is 20.3 Å². The largest absolute Gasteiger partial charge is 0.497 e. The molecule has 0 heterocycles. The van der Waals surface area contributed by atoms with Crippen molar-refractivity contribution >= 4 is 18.2 Å². The van der Waals surface area contributed by atoms with E-state index in [4.69, 9.17) is 9.47 Å². The monoisotopic (exact) mass is 322 g/mol. The normalized spacial score (nSPS) is 10.1. The molecule has 7 nitrogen and oxygen atoms in total. The average molecular weight is 322 g/mol. The third-order valence-corrected chi connectivity index (χ3v) is 2.96. The van der Waals surface area contributed by atoms with E-state index in [1.54, 1.807) is 6.07 Å². The van der Waals surface area contributed by atoms with Crippen molar-refractivity contribution in [1.82, 2.24) is 10.6 Å². The summed E-state index contributed by atoms with van der Waals surface area (Å²) in [5, 5.41) is 4.74. The summed E-state index contributed by atoms with van der Waals surface area (Å²) in [5.41, 5.74) is 0.263. The molecule has 0 aliphatic rings. The van der Waals surface area contributed by atoms with Crippen LogP contribution >= 0.6 is 0 Å². The molecule has 1 aromatic rings. The van der Waals surface area contributed by atoms with Gasteiger partial charge in [-0.05, 0) is 30.5 Å². The summed E-state index contributed by atoms with van der Waals surface area (Å²) in [6.07, 6.45) is 1.43. The summed E-state index contributed by atoms with van der Waals surface area (Å²) in [7, 11) is 1.48. The summed E-state index contributed by atoms with van der Waals surface area (Å²) in [5.74, 6) is 0.621. The van der Waals surface area contributed by atoms with Gasteiger partial charge in [0.25, 0.3) is 5.91 Å². The molecule has 0 radical (unpaired) electrons. The maximum atomic E-state index is 11.6. The third-order valence-electron chi connectivity index (χ3n) is 2.96. The number of ether oxygens (including phenoxy) is 2. The molecule has 3 amide bonds. The molecule has 0 bridgehead atoms. The van der Waals surface area contributed by atoms with E-state index in [1.807, 2.05) is 13.8 Å². The number of benzene rings is 1. The standard InChI is InChI=1S/C16H22N2O5/c1-11(2)6-7-17-16(21)18-15(20)10-23-14-5-4-13(22-3)8-12(14)9-19/h4-5,8-9,11H,6-7,10H2,1-3H3,(H2,17,18,20,21). The highest BCUT2D eigenvalue weighted by Gasteiger charge is 2.10. The molecule has 2 N–H and O–H groups in total. The molecule has 1 aromatic carbocycles. The Bertz CT molecular complexity index is 557. The predicted octanol–water partition coefficient (Wildman–Crippen LogP) is 1.76. The van der Waals surface area contributed by atoms with Crippen LogP contribution in [-0.4, -0.2) is 38.5 Å². The number of urea groups is 1. The second kappa shape index (κ2) is 9.45. The number of hydrogen-bond donors (Lipinski definition) is 2. The van der Waals surface area contributed by atoms with Crippen LogP contribution in [0.5, 0.6) is 11.5 Å². The zero-order chi connectivity index (χ0) is 17.2. The first kappa shape index (κ1) is 18.5. The number of nitrogens with one attached hydrogen (secondary N) is 2. The Morgan fingerprint density at radius 3 is 2.65 bits per heavy atom. The number of imide groups is 1. The van der Waals surface area contributed by atoms with Gasteiger partial charge >= 0.3 is 6.03 Å². The van der Waals surface area contributed by atoms with Gasteiger partial charge in [0.2, 0.25) is 0 Å². The van der Waals surface area contributed by atoms with Crippen molar-refractivity contribution in [3.63, 3.8) is 0 Å². The molecule has 0 aliphatic heterocycles. The number of methoxy groups -OCH3 is 1. The van der Waals surface area contributed by atoms with Gasteiger partial charge in [0.1, 0.15) is 11.5 Å². The van der Waals surface area contributed by atoms with Gasteiger partial charge in [0.15, 0.2) is 12.9 Å². The van der Waals surface area contributed by atoms with Gasteiger partial charge in [-0.25, -0.2) is 4.79 Å². The molecular formula is C16H22N2O5. The Labute approximate surface area is 135 Å². The first-order chi connectivity index (χ1) is 11.0. The highest BCUT2D eigenvalue weighted by atomic mass is 16.5. The summed E-state index contributed by atoms with van der Waals surface area (Å²) in [6, 6.07) is 4.07. The van der Waals surface area contributed by atoms with Crippen molar-refractivity contribution in [1.29, 1.82) is 0 Å². The van der Waals surface area contributed by atoms with Gasteiger partial charge in [0.05, 0.1) is 12.7 Å². The molecule has 23 heavy (non-hydrogen) atoms. The molecule has 0 spiro atoms. The van der Waals surface area contributed by atoms with Crippen LogP contribution in [0, 0.1) is 5.92 Å². The van der Waals surface area contributed by atoms with E-state index in [-0.39, 0.29) is 17.9 Å². The van der Waals surface area contributed by atoms with Gasteiger partial charge < -0.3 is 14.8 Å². The molecule has 0 unspecified atom stereocenters. The Kier molecular flexibility index (Phi) is 7.59. The second-order valence-electron chi connectivity index (χ2n) is 5.30. The van der Waals surface area contributed by atoms with Crippen molar-refractivity contribution in [3.8, 4) is 11.5 Å². The lowest BCUT2D eigenvalue weighted by atomic mass is 10.1. The van der Waals surface area contributed by atoms with Crippen LogP contribution in [0.2, 0.25) is 0 Å². The van der Waals surface area contributed by atoms with Crippen LogP contribution in [-0.2, 0) is 4.79 Å². The van der Waals surface area contributed by atoms with E-state index in [9.17, 15) is 14.4 Å². The molecule has 0 aliphatic carbocycles. The van der Waals surface area contributed by atoms with E-state index < -0.39 is 11.9 Å². The molecule has 7 heteroatoms. The summed E-state index contributed by atoms with van der Waals surface area (Å²) >= 11 is 0. The average Bonchev–Trinajstić information content (AvgIpc) is 2.52. The molecule has 0 aromatic heterocycles. The van der Waals surface area contributed by atoms with E-state index in [2.05, 4.69) is 10.6 Å². The number of carbonyl (C=O) groups is 3. The second-order valence-corrected chi connectivity index (χ2v) is 5.30. The molecule has 0 fully saturated rings. The van der Waals surface area contributed by atoms with E-state index in [0.29, 0.717) is 24.5 Å². The SMILES string of the molecule is COc1ccc(OCC(=O)NC(=O)NCCC(C)C)c(C=O)c1. The number of carbonyl (C=O) groups excluding carboxylic acids is 3. The van der Waals surface area contributed by atoms with Crippen molar-refractivity contribution in [3.05, 3.63) is 23.8 Å². The highest BCUT2D eigenvalue weighted by molar-refractivity contribution is 5.95. The van der Waals surface area contributed by atoms with Crippen molar-refractivity contribution in [2.45, 2.75) is 20.3 Å². The molecule has 0 atom stereocenters.